The van der Waals surface area contributed by atoms with Crippen molar-refractivity contribution in [1.82, 2.24) is 0 Å². The van der Waals surface area contributed by atoms with Gasteiger partial charge < -0.3 is 21.1 Å². The third-order valence-corrected chi connectivity index (χ3v) is 2.80. The molecule has 0 amide bonds. The van der Waals surface area contributed by atoms with E-state index in [0.717, 1.165) is 5.69 Å². The predicted molar refractivity (Wildman–Crippen MR) is 97.5 cm³/mol. The van der Waals surface area contributed by atoms with E-state index in [-0.39, 0.29) is 0 Å². The molecule has 0 radical (unpaired) electrons. The molecule has 23 heavy (non-hydrogen) atoms. The lowest BCUT2D eigenvalue weighted by molar-refractivity contribution is 0.199. The van der Waals surface area contributed by atoms with E-state index in [1.54, 1.807) is 13.0 Å². The molecule has 0 atom stereocenters. The summed E-state index contributed by atoms with van der Waals surface area (Å²) in [6, 6.07) is 5.46. The number of ether oxygens (including phenoxy) is 1. The van der Waals surface area contributed by atoms with Gasteiger partial charge in [0.2, 0.25) is 0 Å². The van der Waals surface area contributed by atoms with E-state index in [1.165, 1.54) is 0 Å². The maximum absolute atomic E-state index is 5.94. The fourth-order valence-electron chi connectivity index (χ4n) is 1.67. The molecule has 1 aromatic carbocycles. The minimum Gasteiger partial charge on any atom is -0.399 e. The lowest BCUT2D eigenvalue weighted by Gasteiger charge is -2.19. The zero-order valence-corrected chi connectivity index (χ0v) is 13.5. The van der Waals surface area contributed by atoms with Crippen molar-refractivity contribution in [2.75, 3.05) is 43.2 Å². The quantitative estimate of drug-likeness (QED) is 0.365. The molecule has 4 N–H and O–H groups in total. The maximum Gasteiger partial charge on any atom is 0.109 e. The van der Waals surface area contributed by atoms with Gasteiger partial charge in [-0.05, 0) is 48.8 Å². The number of hydrogen-bond donors (Lipinski definition) is 2. The van der Waals surface area contributed by atoms with Gasteiger partial charge in [-0.25, -0.2) is 0 Å². The Bertz CT molecular complexity index is 718. The molecule has 0 saturated heterocycles. The largest absolute Gasteiger partial charge is 0.399 e. The zero-order valence-electron chi connectivity index (χ0n) is 13.5. The summed E-state index contributed by atoms with van der Waals surface area (Å²) in [6.45, 7) is 3.29. The van der Waals surface area contributed by atoms with Gasteiger partial charge in [-0.2, -0.15) is 0 Å². The Morgan fingerprint density at radius 3 is 2.70 bits per heavy atom. The summed E-state index contributed by atoms with van der Waals surface area (Å²) >= 11 is 0. The maximum atomic E-state index is 5.94. The normalized spacial score (nSPS) is 9.13. The second kappa shape index (κ2) is 10.7. The van der Waals surface area contributed by atoms with Crippen molar-refractivity contribution in [3.8, 4) is 35.5 Å². The highest BCUT2D eigenvalue weighted by Gasteiger charge is 2.03. The molecule has 0 aliphatic rings. The van der Waals surface area contributed by atoms with E-state index in [2.05, 4.69) is 35.5 Å². The average molecular weight is 307 g/mol. The number of hydrogen-bond acceptors (Lipinski definition) is 4. The first kappa shape index (κ1) is 18.1. The van der Waals surface area contributed by atoms with Crippen LogP contribution in [-0.4, -0.2) is 26.8 Å². The fraction of sp³-hybridized carbons (Fsp3) is 0.263. The lowest BCUT2D eigenvalue weighted by atomic mass is 10.2. The van der Waals surface area contributed by atoms with Gasteiger partial charge in [-0.1, -0.05) is 24.0 Å². The monoisotopic (exact) mass is 307 g/mol. The van der Waals surface area contributed by atoms with Crippen LogP contribution in [0.3, 0.4) is 0 Å². The summed E-state index contributed by atoms with van der Waals surface area (Å²) in [7, 11) is 1.96. The van der Waals surface area contributed by atoms with E-state index >= 15 is 0 Å². The predicted octanol–water partition coefficient (Wildman–Crippen LogP) is 1.89. The van der Waals surface area contributed by atoms with Crippen molar-refractivity contribution in [2.24, 2.45) is 0 Å². The van der Waals surface area contributed by atoms with Crippen LogP contribution in [0.15, 0.2) is 30.4 Å². The number of nitrogens with two attached hydrogens (primary N) is 2. The van der Waals surface area contributed by atoms with E-state index in [1.807, 2.05) is 36.2 Å². The summed E-state index contributed by atoms with van der Waals surface area (Å²) in [4.78, 5) is 2.02. The summed E-state index contributed by atoms with van der Waals surface area (Å²) in [5.74, 6) is 16.0. The van der Waals surface area contributed by atoms with E-state index in [4.69, 9.17) is 16.2 Å². The van der Waals surface area contributed by atoms with Crippen LogP contribution in [0.4, 0.5) is 17.1 Å². The van der Waals surface area contributed by atoms with Gasteiger partial charge in [-0.15, -0.1) is 0 Å². The van der Waals surface area contributed by atoms with Crippen LogP contribution in [0.5, 0.6) is 0 Å². The van der Waals surface area contributed by atoms with E-state index in [0.29, 0.717) is 31.1 Å². The highest BCUT2D eigenvalue weighted by molar-refractivity contribution is 5.71. The molecule has 0 spiro atoms. The molecule has 0 fully saturated rings. The van der Waals surface area contributed by atoms with Crippen molar-refractivity contribution >= 4 is 17.1 Å². The van der Waals surface area contributed by atoms with Crippen molar-refractivity contribution in [3.63, 3.8) is 0 Å². The van der Waals surface area contributed by atoms with Crippen LogP contribution in [0.25, 0.3) is 0 Å². The van der Waals surface area contributed by atoms with Gasteiger partial charge in [0, 0.05) is 19.3 Å². The number of likely N-dealkylation sites (N-methyl/N-ethyl adjacent to an activating group) is 1. The zero-order chi connectivity index (χ0) is 16.9. The number of nitrogen functional groups attached to an aromatic ring is 2. The first-order chi connectivity index (χ1) is 11.1. The SMILES string of the molecule is CC#CC#CC#CCOC/C=C/CN(C)c1cc(N)ccc1N. The van der Waals surface area contributed by atoms with Gasteiger partial charge in [0.25, 0.3) is 0 Å². The molecule has 0 aliphatic heterocycles. The molecule has 0 aromatic heterocycles. The first-order valence-electron chi connectivity index (χ1n) is 7.13. The van der Waals surface area contributed by atoms with Gasteiger partial charge in [0.15, 0.2) is 0 Å². The molecule has 0 unspecified atom stereocenters. The van der Waals surface area contributed by atoms with Gasteiger partial charge in [0.05, 0.1) is 18.0 Å². The molecule has 1 aromatic rings. The van der Waals surface area contributed by atoms with Crippen LogP contribution in [0, 0.1) is 35.5 Å². The Hall–Kier alpha value is -3.00. The van der Waals surface area contributed by atoms with Crippen molar-refractivity contribution in [2.45, 2.75) is 6.92 Å². The van der Waals surface area contributed by atoms with Crippen LogP contribution < -0.4 is 16.4 Å². The van der Waals surface area contributed by atoms with Crippen LogP contribution in [-0.2, 0) is 4.74 Å². The Kier molecular flexibility index (Phi) is 8.39. The third-order valence-electron chi connectivity index (χ3n) is 2.80. The molecule has 0 aliphatic carbocycles. The molecule has 0 bridgehead atoms. The Morgan fingerprint density at radius 2 is 1.91 bits per heavy atom. The molecule has 118 valence electrons. The molecular weight excluding hydrogens is 286 g/mol. The van der Waals surface area contributed by atoms with Crippen molar-refractivity contribution in [1.29, 1.82) is 0 Å². The topological polar surface area (TPSA) is 64.5 Å². The van der Waals surface area contributed by atoms with Gasteiger partial charge >= 0.3 is 0 Å². The Morgan fingerprint density at radius 1 is 1.13 bits per heavy atom. The standard InChI is InChI=1S/C19H21N3O/c1-3-4-5-6-7-9-14-23-15-10-8-13-22(2)19-16-17(20)11-12-18(19)21/h8,10-12,16H,13-15,20-21H2,1-2H3/b10-8+. The van der Waals surface area contributed by atoms with Crippen molar-refractivity contribution < 1.29 is 4.74 Å². The van der Waals surface area contributed by atoms with Gasteiger partial charge in [-0.3, -0.25) is 0 Å². The minimum absolute atomic E-state index is 0.344. The number of anilines is 3. The molecule has 0 heterocycles. The summed E-state index contributed by atoms with van der Waals surface area (Å²) in [5.41, 5.74) is 14.0. The summed E-state index contributed by atoms with van der Waals surface area (Å²) in [5, 5.41) is 0. The summed E-state index contributed by atoms with van der Waals surface area (Å²) < 4.78 is 5.34. The molecule has 4 nitrogen and oxygen atoms in total. The Labute approximate surface area is 138 Å². The molecule has 1 rings (SSSR count). The second-order valence-corrected chi connectivity index (χ2v) is 4.61. The molecule has 0 saturated carbocycles. The second-order valence-electron chi connectivity index (χ2n) is 4.61. The summed E-state index contributed by atoms with van der Waals surface area (Å²) in [6.07, 6.45) is 3.95. The average Bonchev–Trinajstić information content (AvgIpc) is 2.54. The van der Waals surface area contributed by atoms with Crippen LogP contribution >= 0.6 is 0 Å². The van der Waals surface area contributed by atoms with Gasteiger partial charge in [0.1, 0.15) is 6.61 Å². The van der Waals surface area contributed by atoms with E-state index < -0.39 is 0 Å². The van der Waals surface area contributed by atoms with E-state index in [9.17, 15) is 0 Å². The highest BCUT2D eigenvalue weighted by atomic mass is 16.5. The third kappa shape index (κ3) is 7.53. The first-order valence-corrected chi connectivity index (χ1v) is 7.13. The number of benzene rings is 1. The highest BCUT2D eigenvalue weighted by Crippen LogP contribution is 2.24. The number of nitrogens with zero attached hydrogens (tertiary/aromatic N) is 1. The minimum atomic E-state index is 0.344. The molecule has 4 heteroatoms. The fourth-order valence-corrected chi connectivity index (χ4v) is 1.67. The smallest absolute Gasteiger partial charge is 0.109 e. The lowest BCUT2D eigenvalue weighted by Crippen LogP contribution is -2.18. The molecular formula is C19H21N3O. The Balaban J connectivity index is 2.30. The van der Waals surface area contributed by atoms with Crippen molar-refractivity contribution in [3.05, 3.63) is 30.4 Å². The number of rotatable bonds is 6. The van der Waals surface area contributed by atoms with Crippen LogP contribution in [0.1, 0.15) is 6.92 Å². The van der Waals surface area contributed by atoms with Crippen LogP contribution in [0.2, 0.25) is 0 Å².